The second-order valence-electron chi connectivity index (χ2n) is 16.1. The van der Waals surface area contributed by atoms with Crippen molar-refractivity contribution in [2.45, 2.75) is 134 Å². The maximum Gasteiger partial charge on any atom is 0.246 e. The second-order valence-corrected chi connectivity index (χ2v) is 16.1. The number of aromatic nitrogens is 1. The van der Waals surface area contributed by atoms with Gasteiger partial charge in [0.05, 0.1) is 0 Å². The Kier molecular flexibility index (Phi) is 5.85. The van der Waals surface area contributed by atoms with Gasteiger partial charge in [-0.1, -0.05) is 51.3 Å². The lowest BCUT2D eigenvalue weighted by atomic mass is 9.53. The number of rotatable bonds is 7. The summed E-state index contributed by atoms with van der Waals surface area (Å²) in [4.78, 5) is 35.0. The number of nitrogens with one attached hydrogen (secondary N) is 2. The molecule has 9 rings (SSSR count). The van der Waals surface area contributed by atoms with Crippen molar-refractivity contribution < 1.29 is 9.59 Å². The Morgan fingerprint density at radius 3 is 2.22 bits per heavy atom. The maximum atomic E-state index is 14.6. The Morgan fingerprint density at radius 1 is 0.951 bits per heavy atom. The number of fused-ring (bicyclic) bond motifs is 1. The lowest BCUT2D eigenvalue weighted by molar-refractivity contribution is -0.155. The fourth-order valence-corrected chi connectivity index (χ4v) is 11.1. The fraction of sp³-hybridized carbons (Fsp3) is 0.722. The largest absolute Gasteiger partial charge is 0.358 e. The van der Waals surface area contributed by atoms with Crippen molar-refractivity contribution >= 4 is 22.7 Å². The third-order valence-electron chi connectivity index (χ3n) is 12.9. The van der Waals surface area contributed by atoms with Gasteiger partial charge in [0.25, 0.3) is 0 Å². The van der Waals surface area contributed by atoms with Crippen LogP contribution in [0.4, 0.5) is 0 Å². The lowest BCUT2D eigenvalue weighted by Gasteiger charge is -2.58. The van der Waals surface area contributed by atoms with Crippen LogP contribution in [0.25, 0.3) is 10.9 Å². The molecule has 2 aromatic rings. The number of hydrogen-bond donors (Lipinski definition) is 2. The quantitative estimate of drug-likeness (QED) is 0.374. The van der Waals surface area contributed by atoms with Gasteiger partial charge >= 0.3 is 0 Å². The molecule has 0 radical (unpaired) electrons. The van der Waals surface area contributed by atoms with Crippen molar-refractivity contribution in [3.05, 3.63) is 35.5 Å². The molecule has 0 aliphatic heterocycles. The van der Waals surface area contributed by atoms with E-state index in [1.165, 1.54) is 67.1 Å². The molecule has 5 nitrogen and oxygen atoms in total. The van der Waals surface area contributed by atoms with Crippen LogP contribution >= 0.6 is 0 Å². The summed E-state index contributed by atoms with van der Waals surface area (Å²) >= 11 is 0. The van der Waals surface area contributed by atoms with Gasteiger partial charge in [0.1, 0.15) is 5.54 Å². The van der Waals surface area contributed by atoms with E-state index in [1.807, 2.05) is 0 Å². The van der Waals surface area contributed by atoms with Crippen LogP contribution in [-0.2, 0) is 9.59 Å². The highest BCUT2D eigenvalue weighted by Crippen LogP contribution is 2.67. The zero-order chi connectivity index (χ0) is 28.1. The number of benzene rings is 1. The molecule has 7 fully saturated rings. The number of carbonyl (C=O) groups excluding carboxylic acids is 2. The van der Waals surface area contributed by atoms with Crippen LogP contribution in [-0.4, -0.2) is 38.8 Å². The standard InChI is InChI=1S/C36H49N3O2/c1-22-31(27-9-5-6-10-29(27)37-22)32-28(34(32,2)3)18-30(40)39(26-11-12-26)36(13-7-4-8-14-36)33(41)38-35-19-23-15-24(20-35)17-25(16-23)21-35/h5-6,9-10,23-26,28,32,37H,4,7-8,11-21H2,1-3H3,(H,38,41)/t23?,24?,25?,28-,32+,35?/m0/s1. The van der Waals surface area contributed by atoms with Gasteiger partial charge in [-0.2, -0.15) is 0 Å². The molecule has 1 heterocycles. The van der Waals surface area contributed by atoms with Crippen LogP contribution in [0, 0.1) is 36.0 Å². The van der Waals surface area contributed by atoms with Crippen LogP contribution in [0.3, 0.4) is 0 Å². The number of nitrogens with zero attached hydrogens (tertiary/aromatic N) is 1. The minimum absolute atomic E-state index is 0.00893. The minimum atomic E-state index is -0.648. The van der Waals surface area contributed by atoms with Crippen LogP contribution in [0.5, 0.6) is 0 Å². The predicted octanol–water partition coefficient (Wildman–Crippen LogP) is 7.38. The van der Waals surface area contributed by atoms with Crippen LogP contribution in [0.2, 0.25) is 0 Å². The van der Waals surface area contributed by atoms with Crippen molar-refractivity contribution in [1.82, 2.24) is 15.2 Å². The first-order valence-electron chi connectivity index (χ1n) is 16.9. The molecule has 7 aliphatic carbocycles. The Morgan fingerprint density at radius 2 is 1.59 bits per heavy atom. The van der Waals surface area contributed by atoms with Crippen molar-refractivity contribution in [3.8, 4) is 0 Å². The molecule has 5 heteroatoms. The molecule has 2 atom stereocenters. The van der Waals surface area contributed by atoms with Crippen LogP contribution < -0.4 is 5.32 Å². The Balaban J connectivity index is 1.07. The van der Waals surface area contributed by atoms with E-state index in [4.69, 9.17) is 0 Å². The minimum Gasteiger partial charge on any atom is -0.358 e. The number of para-hydroxylation sites is 1. The number of hydrogen-bond acceptors (Lipinski definition) is 2. The molecule has 4 bridgehead atoms. The van der Waals surface area contributed by atoms with Gasteiger partial charge in [-0.15, -0.1) is 0 Å². The normalized spacial score (nSPS) is 36.3. The zero-order valence-electron chi connectivity index (χ0n) is 25.4. The Labute approximate surface area is 245 Å². The van der Waals surface area contributed by atoms with E-state index in [0.29, 0.717) is 18.3 Å². The van der Waals surface area contributed by atoms with E-state index in [9.17, 15) is 9.59 Å². The summed E-state index contributed by atoms with van der Waals surface area (Å²) in [7, 11) is 0. The third-order valence-corrected chi connectivity index (χ3v) is 12.9. The van der Waals surface area contributed by atoms with Gasteiger partial charge in [0, 0.05) is 34.6 Å². The molecule has 0 spiro atoms. The molecule has 1 aromatic carbocycles. The molecule has 1 aromatic heterocycles. The summed E-state index contributed by atoms with van der Waals surface area (Å²) in [5, 5.41) is 5.06. The van der Waals surface area contributed by atoms with Crippen molar-refractivity contribution in [2.24, 2.45) is 29.1 Å². The lowest BCUT2D eigenvalue weighted by Crippen LogP contribution is -2.68. The maximum absolute atomic E-state index is 14.6. The molecule has 0 unspecified atom stereocenters. The second kappa shape index (κ2) is 9.10. The first kappa shape index (κ1) is 26.3. The highest BCUT2D eigenvalue weighted by atomic mass is 16.2. The Bertz CT molecular complexity index is 1340. The first-order chi connectivity index (χ1) is 19.7. The van der Waals surface area contributed by atoms with E-state index in [2.05, 4.69) is 60.2 Å². The van der Waals surface area contributed by atoms with E-state index < -0.39 is 5.54 Å². The van der Waals surface area contributed by atoms with Gasteiger partial charge in [-0.25, -0.2) is 0 Å². The molecule has 7 aliphatic rings. The van der Waals surface area contributed by atoms with Gasteiger partial charge < -0.3 is 15.2 Å². The average molecular weight is 556 g/mol. The number of H-pyrrole nitrogens is 1. The fourth-order valence-electron chi connectivity index (χ4n) is 11.1. The summed E-state index contributed by atoms with van der Waals surface area (Å²) in [6, 6.07) is 8.85. The molecule has 220 valence electrons. The van der Waals surface area contributed by atoms with Crippen molar-refractivity contribution in [3.63, 3.8) is 0 Å². The van der Waals surface area contributed by atoms with Gasteiger partial charge in [-0.05, 0) is 118 Å². The molecular formula is C36H49N3O2. The van der Waals surface area contributed by atoms with E-state index >= 15 is 0 Å². The highest BCUT2D eigenvalue weighted by Gasteiger charge is 2.62. The van der Waals surface area contributed by atoms with Crippen molar-refractivity contribution in [1.29, 1.82) is 0 Å². The zero-order valence-corrected chi connectivity index (χ0v) is 25.4. The van der Waals surface area contributed by atoms with E-state index in [0.717, 1.165) is 56.3 Å². The summed E-state index contributed by atoms with van der Waals surface area (Å²) in [6.45, 7) is 6.87. The van der Waals surface area contributed by atoms with Gasteiger partial charge in [0.15, 0.2) is 0 Å². The van der Waals surface area contributed by atoms with Crippen molar-refractivity contribution in [2.75, 3.05) is 0 Å². The summed E-state index contributed by atoms with van der Waals surface area (Å²) < 4.78 is 0. The molecule has 2 amide bonds. The topological polar surface area (TPSA) is 65.2 Å². The molecule has 0 saturated heterocycles. The smallest absolute Gasteiger partial charge is 0.246 e. The number of amides is 2. The number of carbonyl (C=O) groups is 2. The predicted molar refractivity (Wildman–Crippen MR) is 162 cm³/mol. The Hall–Kier alpha value is -2.30. The average Bonchev–Trinajstić information content (AvgIpc) is 3.80. The first-order valence-corrected chi connectivity index (χ1v) is 16.9. The summed E-state index contributed by atoms with van der Waals surface area (Å²) in [5.74, 6) is 3.52. The number of aryl methyl sites for hydroxylation is 1. The van der Waals surface area contributed by atoms with Crippen LogP contribution in [0.1, 0.15) is 121 Å². The molecular weight excluding hydrogens is 506 g/mol. The molecule has 41 heavy (non-hydrogen) atoms. The SMILES string of the molecule is Cc1[nH]c2ccccc2c1[C@H]1[C@H](CC(=O)N(C2CC2)C2(C(=O)NC34CC5CC(CC(C5)C3)C4)CCCCC2)C1(C)C. The summed E-state index contributed by atoms with van der Waals surface area (Å²) in [6.07, 6.45) is 15.3. The van der Waals surface area contributed by atoms with Gasteiger partial charge in [0.2, 0.25) is 11.8 Å². The summed E-state index contributed by atoms with van der Waals surface area (Å²) in [5.41, 5.74) is 3.23. The molecule has 2 N–H and O–H groups in total. The third kappa shape index (κ3) is 4.14. The molecule has 7 saturated carbocycles. The van der Waals surface area contributed by atoms with Gasteiger partial charge in [-0.3, -0.25) is 9.59 Å². The number of aromatic amines is 1. The highest BCUT2D eigenvalue weighted by molar-refractivity contribution is 5.93. The van der Waals surface area contributed by atoms with E-state index in [-0.39, 0.29) is 28.8 Å². The monoisotopic (exact) mass is 555 g/mol. The van der Waals surface area contributed by atoms with Crippen LogP contribution in [0.15, 0.2) is 24.3 Å². The van der Waals surface area contributed by atoms with E-state index in [1.54, 1.807) is 0 Å².